The molecule has 4 N–H and O–H groups in total. The number of nitrogens with two attached hydrogens (primary N) is 1. The van der Waals surface area contributed by atoms with E-state index in [-0.39, 0.29) is 30.3 Å². The van der Waals surface area contributed by atoms with Crippen molar-refractivity contribution in [1.29, 1.82) is 0 Å². The Kier molecular flexibility index (Phi) is 5.90. The minimum atomic E-state index is -0.319. The number of amides is 2. The fourth-order valence-electron chi connectivity index (χ4n) is 2.13. The lowest BCUT2D eigenvalue weighted by Crippen LogP contribution is -2.41. The lowest BCUT2D eigenvalue weighted by Gasteiger charge is -2.16. The Labute approximate surface area is 126 Å². The Morgan fingerprint density at radius 1 is 1.14 bits per heavy atom. The molecule has 1 aromatic carbocycles. The van der Waals surface area contributed by atoms with Crippen molar-refractivity contribution in [3.05, 3.63) is 28.8 Å². The summed E-state index contributed by atoms with van der Waals surface area (Å²) in [6.07, 6.45) is 0. The molecule has 0 aliphatic heterocycles. The highest BCUT2D eigenvalue weighted by molar-refractivity contribution is 5.96. The minimum absolute atomic E-state index is 0.0529. The molecule has 5 nitrogen and oxygen atoms in total. The van der Waals surface area contributed by atoms with Gasteiger partial charge >= 0.3 is 0 Å². The number of aryl methyl sites for hydroxylation is 3. The quantitative estimate of drug-likeness (QED) is 0.771. The SMILES string of the molecule is Cc1cc(C)c(NC(=O)CNC(=O)C(C)C(C)N)c(C)c1. The zero-order valence-electron chi connectivity index (χ0n) is 13.4. The summed E-state index contributed by atoms with van der Waals surface area (Å²) in [5.74, 6) is -0.770. The summed E-state index contributed by atoms with van der Waals surface area (Å²) in [6.45, 7) is 9.37. The van der Waals surface area contributed by atoms with Gasteiger partial charge in [-0.25, -0.2) is 0 Å². The van der Waals surface area contributed by atoms with Crippen LogP contribution in [0.3, 0.4) is 0 Å². The Bertz CT molecular complexity index is 515. The van der Waals surface area contributed by atoms with Gasteiger partial charge in [-0.2, -0.15) is 0 Å². The summed E-state index contributed by atoms with van der Waals surface area (Å²) in [5, 5.41) is 5.45. The van der Waals surface area contributed by atoms with E-state index < -0.39 is 0 Å². The van der Waals surface area contributed by atoms with Crippen molar-refractivity contribution < 1.29 is 9.59 Å². The molecule has 0 aliphatic carbocycles. The summed E-state index contributed by atoms with van der Waals surface area (Å²) in [4.78, 5) is 23.7. The van der Waals surface area contributed by atoms with Gasteiger partial charge in [0.2, 0.25) is 11.8 Å². The maximum absolute atomic E-state index is 11.9. The van der Waals surface area contributed by atoms with Gasteiger partial charge in [-0.3, -0.25) is 9.59 Å². The van der Waals surface area contributed by atoms with Crippen LogP contribution in [0.25, 0.3) is 0 Å². The van der Waals surface area contributed by atoms with Crippen LogP contribution in [0.5, 0.6) is 0 Å². The summed E-state index contributed by atoms with van der Waals surface area (Å²) in [6, 6.07) is 3.79. The normalized spacial score (nSPS) is 13.4. The third-order valence-electron chi connectivity index (χ3n) is 3.57. The first-order valence-corrected chi connectivity index (χ1v) is 7.13. The summed E-state index contributed by atoms with van der Waals surface area (Å²) < 4.78 is 0. The van der Waals surface area contributed by atoms with Crippen molar-refractivity contribution in [2.75, 3.05) is 11.9 Å². The lowest BCUT2D eigenvalue weighted by atomic mass is 10.0. The van der Waals surface area contributed by atoms with Gasteiger partial charge < -0.3 is 16.4 Å². The van der Waals surface area contributed by atoms with Gasteiger partial charge in [0.25, 0.3) is 0 Å². The average molecular weight is 291 g/mol. The number of carbonyl (C=O) groups is 2. The molecule has 0 heterocycles. The van der Waals surface area contributed by atoms with Crippen molar-refractivity contribution in [3.8, 4) is 0 Å². The van der Waals surface area contributed by atoms with Crippen molar-refractivity contribution >= 4 is 17.5 Å². The van der Waals surface area contributed by atoms with E-state index >= 15 is 0 Å². The van der Waals surface area contributed by atoms with Crippen LogP contribution < -0.4 is 16.4 Å². The largest absolute Gasteiger partial charge is 0.347 e. The Hall–Kier alpha value is -1.88. The highest BCUT2D eigenvalue weighted by Crippen LogP contribution is 2.21. The van der Waals surface area contributed by atoms with E-state index in [0.29, 0.717) is 0 Å². The number of benzene rings is 1. The molecule has 0 aromatic heterocycles. The van der Waals surface area contributed by atoms with E-state index in [4.69, 9.17) is 5.73 Å². The second kappa shape index (κ2) is 7.22. The maximum atomic E-state index is 11.9. The molecule has 0 spiro atoms. The van der Waals surface area contributed by atoms with Crippen LogP contribution in [0, 0.1) is 26.7 Å². The second-order valence-electron chi connectivity index (χ2n) is 5.69. The summed E-state index contributed by atoms with van der Waals surface area (Å²) >= 11 is 0. The number of rotatable bonds is 5. The molecule has 0 saturated carbocycles. The highest BCUT2D eigenvalue weighted by Gasteiger charge is 2.17. The average Bonchev–Trinajstić information content (AvgIpc) is 2.39. The predicted molar refractivity (Wildman–Crippen MR) is 85.1 cm³/mol. The smallest absolute Gasteiger partial charge is 0.243 e. The van der Waals surface area contributed by atoms with E-state index in [1.807, 2.05) is 32.9 Å². The molecule has 5 heteroatoms. The molecule has 0 aliphatic rings. The second-order valence-corrected chi connectivity index (χ2v) is 5.69. The Balaban J connectivity index is 2.61. The zero-order chi connectivity index (χ0) is 16.2. The van der Waals surface area contributed by atoms with Gasteiger partial charge in [0, 0.05) is 17.6 Å². The highest BCUT2D eigenvalue weighted by atomic mass is 16.2. The van der Waals surface area contributed by atoms with Gasteiger partial charge in [0.1, 0.15) is 0 Å². The molecule has 116 valence electrons. The molecule has 0 saturated heterocycles. The van der Waals surface area contributed by atoms with Crippen LogP contribution >= 0.6 is 0 Å². The maximum Gasteiger partial charge on any atom is 0.243 e. The number of hydrogen-bond acceptors (Lipinski definition) is 3. The van der Waals surface area contributed by atoms with Crippen LogP contribution in [-0.2, 0) is 9.59 Å². The van der Waals surface area contributed by atoms with Crippen molar-refractivity contribution in [2.45, 2.75) is 40.7 Å². The van der Waals surface area contributed by atoms with Gasteiger partial charge in [-0.1, -0.05) is 24.6 Å². The third-order valence-corrected chi connectivity index (χ3v) is 3.57. The first kappa shape index (κ1) is 17.2. The van der Waals surface area contributed by atoms with Gasteiger partial charge in [-0.05, 0) is 38.8 Å². The Morgan fingerprint density at radius 3 is 2.14 bits per heavy atom. The van der Waals surface area contributed by atoms with Crippen LogP contribution in [0.2, 0.25) is 0 Å². The summed E-state index contributed by atoms with van der Waals surface area (Å²) in [7, 11) is 0. The summed E-state index contributed by atoms with van der Waals surface area (Å²) in [5.41, 5.74) is 9.64. The topological polar surface area (TPSA) is 84.2 Å². The van der Waals surface area contributed by atoms with Crippen molar-refractivity contribution in [3.63, 3.8) is 0 Å². The molecule has 1 rings (SSSR count). The molecular formula is C16H25N3O2. The zero-order valence-corrected chi connectivity index (χ0v) is 13.4. The fraction of sp³-hybridized carbons (Fsp3) is 0.500. The van der Waals surface area contributed by atoms with Crippen LogP contribution in [0.15, 0.2) is 12.1 Å². The molecule has 2 atom stereocenters. The number of anilines is 1. The number of hydrogen-bond donors (Lipinski definition) is 3. The standard InChI is InChI=1S/C16H25N3O2/c1-9-6-10(2)15(11(3)7-9)19-14(20)8-18-16(21)12(4)13(5)17/h6-7,12-13H,8,17H2,1-5H3,(H,18,21)(H,19,20). The monoisotopic (exact) mass is 291 g/mol. The van der Waals surface area contributed by atoms with E-state index in [2.05, 4.69) is 10.6 Å². The van der Waals surface area contributed by atoms with E-state index in [1.165, 1.54) is 0 Å². The Morgan fingerprint density at radius 2 is 1.67 bits per heavy atom. The molecule has 0 bridgehead atoms. The number of nitrogens with one attached hydrogen (secondary N) is 2. The third kappa shape index (κ3) is 4.86. The minimum Gasteiger partial charge on any atom is -0.347 e. The van der Waals surface area contributed by atoms with E-state index in [9.17, 15) is 9.59 Å². The van der Waals surface area contributed by atoms with E-state index in [1.54, 1.807) is 13.8 Å². The van der Waals surface area contributed by atoms with Crippen molar-refractivity contribution in [1.82, 2.24) is 5.32 Å². The molecule has 2 unspecified atom stereocenters. The fourth-order valence-corrected chi connectivity index (χ4v) is 2.13. The molecule has 2 amide bonds. The van der Waals surface area contributed by atoms with E-state index in [0.717, 1.165) is 22.4 Å². The molecular weight excluding hydrogens is 266 g/mol. The molecule has 21 heavy (non-hydrogen) atoms. The predicted octanol–water partition coefficient (Wildman–Crippen LogP) is 1.65. The van der Waals surface area contributed by atoms with Crippen LogP contribution in [0.4, 0.5) is 5.69 Å². The first-order chi connectivity index (χ1) is 9.72. The lowest BCUT2D eigenvalue weighted by molar-refractivity contribution is -0.127. The van der Waals surface area contributed by atoms with Gasteiger partial charge in [0.15, 0.2) is 0 Å². The van der Waals surface area contributed by atoms with Crippen molar-refractivity contribution in [2.24, 2.45) is 11.7 Å². The molecule has 1 aromatic rings. The molecule has 0 radical (unpaired) electrons. The number of carbonyl (C=O) groups excluding carboxylic acids is 2. The first-order valence-electron chi connectivity index (χ1n) is 7.13. The molecule has 0 fully saturated rings. The van der Waals surface area contributed by atoms with Gasteiger partial charge in [-0.15, -0.1) is 0 Å². The van der Waals surface area contributed by atoms with Crippen LogP contribution in [-0.4, -0.2) is 24.4 Å². The van der Waals surface area contributed by atoms with Gasteiger partial charge in [0.05, 0.1) is 6.54 Å². The van der Waals surface area contributed by atoms with Crippen LogP contribution in [0.1, 0.15) is 30.5 Å².